The highest BCUT2D eigenvalue weighted by Crippen LogP contribution is 2.20. The minimum atomic E-state index is -0.0519. The first-order valence-corrected chi connectivity index (χ1v) is 9.83. The van der Waals surface area contributed by atoms with Gasteiger partial charge in [0.05, 0.1) is 5.69 Å². The van der Waals surface area contributed by atoms with E-state index in [9.17, 15) is 4.79 Å². The van der Waals surface area contributed by atoms with Gasteiger partial charge >= 0.3 is 0 Å². The lowest BCUT2D eigenvalue weighted by atomic mass is 10.1. The van der Waals surface area contributed by atoms with Gasteiger partial charge in [-0.2, -0.15) is 5.10 Å². The van der Waals surface area contributed by atoms with Gasteiger partial charge < -0.3 is 9.47 Å². The van der Waals surface area contributed by atoms with Gasteiger partial charge in [-0.3, -0.25) is 14.8 Å². The minimum absolute atomic E-state index is 0.0519. The summed E-state index contributed by atoms with van der Waals surface area (Å²) in [4.78, 5) is 17.2. The number of likely N-dealkylation sites (tertiary alicyclic amines) is 1. The third-order valence-electron chi connectivity index (χ3n) is 5.48. The summed E-state index contributed by atoms with van der Waals surface area (Å²) in [5.41, 5.74) is 4.77. The molecule has 4 rings (SSSR count). The van der Waals surface area contributed by atoms with Crippen LogP contribution in [0, 0.1) is 0 Å². The molecule has 1 N–H and O–H groups in total. The number of rotatable bonds is 6. The number of nitrogens with one attached hydrogen (secondary N) is 1. The lowest BCUT2D eigenvalue weighted by Crippen LogP contribution is -2.27. The molecular formula is C22H27N5O. The van der Waals surface area contributed by atoms with Gasteiger partial charge in [0.15, 0.2) is 0 Å². The largest absolute Gasteiger partial charge is 0.349 e. The van der Waals surface area contributed by atoms with Gasteiger partial charge in [0.2, 0.25) is 0 Å². The molecule has 6 heteroatoms. The monoisotopic (exact) mass is 377 g/mol. The van der Waals surface area contributed by atoms with Gasteiger partial charge in [-0.1, -0.05) is 24.3 Å². The molecule has 1 aromatic carbocycles. The number of aryl methyl sites for hydroxylation is 1. The zero-order valence-corrected chi connectivity index (χ0v) is 16.6. The van der Waals surface area contributed by atoms with Crippen LogP contribution in [0.25, 0.3) is 11.4 Å². The van der Waals surface area contributed by atoms with Gasteiger partial charge in [0.1, 0.15) is 11.4 Å². The standard InChI is InChI=1S/C22H27N5O/c1-25-11-7-10-21(25)19-14-20(24-23-19)22(28)26(2)15-17-8-3-4-9-18(17)16-27-12-5-6-13-27/h3-4,7-11,14H,5-6,12-13,15-16H2,1-2H3,(H,23,24). The van der Waals surface area contributed by atoms with Crippen LogP contribution in [0.4, 0.5) is 0 Å². The number of aromatic amines is 1. The fraction of sp³-hybridized carbons (Fsp3) is 0.364. The van der Waals surface area contributed by atoms with E-state index >= 15 is 0 Å². The van der Waals surface area contributed by atoms with Gasteiger partial charge in [-0.25, -0.2) is 0 Å². The lowest BCUT2D eigenvalue weighted by Gasteiger charge is -2.21. The van der Waals surface area contributed by atoms with Crippen LogP contribution in [-0.2, 0) is 20.1 Å². The van der Waals surface area contributed by atoms with E-state index in [-0.39, 0.29) is 5.91 Å². The average molecular weight is 377 g/mol. The summed E-state index contributed by atoms with van der Waals surface area (Å²) in [5.74, 6) is -0.0519. The summed E-state index contributed by atoms with van der Waals surface area (Å²) in [6.45, 7) is 3.87. The van der Waals surface area contributed by atoms with Gasteiger partial charge in [-0.05, 0) is 55.3 Å². The minimum Gasteiger partial charge on any atom is -0.349 e. The Labute approximate surface area is 165 Å². The predicted molar refractivity (Wildman–Crippen MR) is 110 cm³/mol. The van der Waals surface area contributed by atoms with Crippen molar-refractivity contribution in [1.82, 2.24) is 24.6 Å². The van der Waals surface area contributed by atoms with Crippen LogP contribution in [0.1, 0.15) is 34.5 Å². The van der Waals surface area contributed by atoms with Crippen LogP contribution in [0.15, 0.2) is 48.7 Å². The Morgan fingerprint density at radius 3 is 2.61 bits per heavy atom. The lowest BCUT2D eigenvalue weighted by molar-refractivity contribution is 0.0778. The number of benzene rings is 1. The van der Waals surface area contributed by atoms with Crippen molar-refractivity contribution in [3.63, 3.8) is 0 Å². The molecule has 1 saturated heterocycles. The number of carbonyl (C=O) groups is 1. The third-order valence-corrected chi connectivity index (χ3v) is 5.48. The first kappa shape index (κ1) is 18.5. The number of H-pyrrole nitrogens is 1. The number of amides is 1. The Morgan fingerprint density at radius 1 is 1.14 bits per heavy atom. The number of hydrogen-bond donors (Lipinski definition) is 1. The quantitative estimate of drug-likeness (QED) is 0.717. The molecule has 3 aromatic rings. The molecule has 0 bridgehead atoms. The van der Waals surface area contributed by atoms with E-state index in [1.165, 1.54) is 37.1 Å². The summed E-state index contributed by atoms with van der Waals surface area (Å²) in [6.07, 6.45) is 4.53. The second-order valence-electron chi connectivity index (χ2n) is 7.58. The molecule has 0 unspecified atom stereocenters. The number of carbonyl (C=O) groups excluding carboxylic acids is 1. The van der Waals surface area contributed by atoms with Crippen LogP contribution in [0.3, 0.4) is 0 Å². The first-order valence-electron chi connectivity index (χ1n) is 9.83. The topological polar surface area (TPSA) is 57.2 Å². The maximum absolute atomic E-state index is 12.9. The Bertz CT molecular complexity index is 951. The van der Waals surface area contributed by atoms with E-state index in [4.69, 9.17) is 0 Å². The smallest absolute Gasteiger partial charge is 0.271 e. The maximum atomic E-state index is 12.9. The summed E-state index contributed by atoms with van der Waals surface area (Å²) < 4.78 is 1.99. The van der Waals surface area contributed by atoms with E-state index in [2.05, 4.69) is 33.3 Å². The maximum Gasteiger partial charge on any atom is 0.271 e. The zero-order valence-electron chi connectivity index (χ0n) is 16.6. The Kier molecular flexibility index (Phi) is 5.30. The van der Waals surface area contributed by atoms with Crippen molar-refractivity contribution in [2.75, 3.05) is 20.1 Å². The fourth-order valence-corrected chi connectivity index (χ4v) is 3.87. The molecule has 0 spiro atoms. The van der Waals surface area contributed by atoms with E-state index < -0.39 is 0 Å². The Hall–Kier alpha value is -2.86. The summed E-state index contributed by atoms with van der Waals surface area (Å²) in [7, 11) is 3.81. The van der Waals surface area contributed by atoms with Crippen molar-refractivity contribution in [3.8, 4) is 11.4 Å². The molecule has 1 amide bonds. The van der Waals surface area contributed by atoms with Crippen LogP contribution in [0.2, 0.25) is 0 Å². The summed E-state index contributed by atoms with van der Waals surface area (Å²) in [5, 5.41) is 7.21. The van der Waals surface area contributed by atoms with Crippen LogP contribution >= 0.6 is 0 Å². The van der Waals surface area contributed by atoms with Crippen molar-refractivity contribution in [1.29, 1.82) is 0 Å². The molecule has 6 nitrogen and oxygen atoms in total. The molecule has 2 aromatic heterocycles. The molecule has 0 saturated carbocycles. The fourth-order valence-electron chi connectivity index (χ4n) is 3.87. The van der Waals surface area contributed by atoms with Crippen molar-refractivity contribution >= 4 is 5.91 Å². The van der Waals surface area contributed by atoms with E-state index in [1.807, 2.05) is 49.1 Å². The molecule has 1 fully saturated rings. The van der Waals surface area contributed by atoms with Gasteiger partial charge in [0.25, 0.3) is 5.91 Å². The molecule has 146 valence electrons. The van der Waals surface area contributed by atoms with Crippen LogP contribution < -0.4 is 0 Å². The van der Waals surface area contributed by atoms with Crippen molar-refractivity contribution in [2.24, 2.45) is 7.05 Å². The number of hydrogen-bond acceptors (Lipinski definition) is 3. The Balaban J connectivity index is 1.47. The average Bonchev–Trinajstić information content (AvgIpc) is 3.44. The van der Waals surface area contributed by atoms with E-state index in [1.54, 1.807) is 4.90 Å². The second-order valence-corrected chi connectivity index (χ2v) is 7.58. The van der Waals surface area contributed by atoms with E-state index in [0.717, 1.165) is 17.9 Å². The molecule has 1 aliphatic rings. The number of nitrogens with zero attached hydrogens (tertiary/aromatic N) is 4. The third kappa shape index (κ3) is 3.87. The van der Waals surface area contributed by atoms with E-state index in [0.29, 0.717) is 12.2 Å². The van der Waals surface area contributed by atoms with Crippen molar-refractivity contribution < 1.29 is 4.79 Å². The summed E-state index contributed by atoms with van der Waals surface area (Å²) in [6, 6.07) is 14.2. The molecule has 28 heavy (non-hydrogen) atoms. The van der Waals surface area contributed by atoms with Crippen LogP contribution in [-0.4, -0.2) is 50.6 Å². The molecule has 1 aliphatic heterocycles. The zero-order chi connectivity index (χ0) is 19.5. The highest BCUT2D eigenvalue weighted by molar-refractivity contribution is 5.93. The van der Waals surface area contributed by atoms with Gasteiger partial charge in [0, 0.05) is 33.4 Å². The van der Waals surface area contributed by atoms with Crippen molar-refractivity contribution in [3.05, 3.63) is 65.5 Å². The highest BCUT2D eigenvalue weighted by atomic mass is 16.2. The van der Waals surface area contributed by atoms with Crippen molar-refractivity contribution in [2.45, 2.75) is 25.9 Å². The number of aromatic nitrogens is 3. The molecule has 0 atom stereocenters. The predicted octanol–water partition coefficient (Wildman–Crippen LogP) is 3.28. The second kappa shape index (κ2) is 8.02. The molecular weight excluding hydrogens is 350 g/mol. The highest BCUT2D eigenvalue weighted by Gasteiger charge is 2.19. The molecule has 0 aliphatic carbocycles. The normalized spacial score (nSPS) is 14.5. The van der Waals surface area contributed by atoms with Crippen LogP contribution in [0.5, 0.6) is 0 Å². The van der Waals surface area contributed by atoms with Gasteiger partial charge in [-0.15, -0.1) is 0 Å². The SMILES string of the molecule is CN(Cc1ccccc1CN1CCCC1)C(=O)c1cc(-c2cccn2C)n[nH]1. The summed E-state index contributed by atoms with van der Waals surface area (Å²) >= 11 is 0. The first-order chi connectivity index (χ1) is 13.6. The molecule has 0 radical (unpaired) electrons. The Morgan fingerprint density at radius 2 is 1.89 bits per heavy atom. The molecule has 3 heterocycles.